The minimum absolute atomic E-state index is 0.0326. The van der Waals surface area contributed by atoms with Crippen LogP contribution in [0, 0.1) is 11.3 Å². The third-order valence-corrected chi connectivity index (χ3v) is 4.27. The zero-order valence-electron chi connectivity index (χ0n) is 13.7. The zero-order valence-corrected chi connectivity index (χ0v) is 14.5. The van der Waals surface area contributed by atoms with Crippen LogP contribution in [0.25, 0.3) is 6.08 Å². The highest BCUT2D eigenvalue weighted by Gasteiger charge is 2.18. The summed E-state index contributed by atoms with van der Waals surface area (Å²) in [5.41, 5.74) is 1.48. The average molecular weight is 344 g/mol. The average Bonchev–Trinajstić information content (AvgIpc) is 2.64. The van der Waals surface area contributed by atoms with E-state index in [0.717, 1.165) is 44.7 Å². The van der Waals surface area contributed by atoms with Crippen LogP contribution < -0.4 is 0 Å². The predicted octanol–water partition coefficient (Wildman–Crippen LogP) is 2.90. The fourth-order valence-electron chi connectivity index (χ4n) is 2.62. The Labute approximate surface area is 148 Å². The van der Waals surface area contributed by atoms with Crippen LogP contribution in [-0.2, 0) is 4.79 Å². The number of nitrogens with zero attached hydrogens (tertiary/aromatic N) is 3. The second-order valence-corrected chi connectivity index (χ2v) is 6.00. The smallest absolute Gasteiger partial charge is 0.246 e. The number of hydrogen-bond donors (Lipinski definition) is 0. The standard InChI is InChI=1S/C19H22ClN3O/c20-10-5-11-22-12-14-23(15-13-22)19(24)9-4-3-7-17-6-1-2-8-18(17)16-21/h1-4,6-9H,5,10-15H2/b7-3+,9-4+. The fourth-order valence-corrected chi connectivity index (χ4v) is 2.74. The predicted molar refractivity (Wildman–Crippen MR) is 97.7 cm³/mol. The Bertz CT molecular complexity index is 640. The van der Waals surface area contributed by atoms with Crippen LogP contribution >= 0.6 is 11.6 Å². The molecule has 1 aromatic carbocycles. The highest BCUT2D eigenvalue weighted by molar-refractivity contribution is 6.17. The highest BCUT2D eigenvalue weighted by atomic mass is 35.5. The molecule has 126 valence electrons. The van der Waals surface area contributed by atoms with Gasteiger partial charge in [-0.3, -0.25) is 9.69 Å². The van der Waals surface area contributed by atoms with Crippen molar-refractivity contribution in [2.45, 2.75) is 6.42 Å². The Balaban J connectivity index is 1.81. The van der Waals surface area contributed by atoms with Gasteiger partial charge in [-0.05, 0) is 24.6 Å². The first-order chi connectivity index (χ1) is 11.7. The number of allylic oxidation sites excluding steroid dienone is 2. The quantitative estimate of drug-likeness (QED) is 0.453. The minimum atomic E-state index is 0.0326. The number of nitriles is 1. The van der Waals surface area contributed by atoms with E-state index in [1.807, 2.05) is 29.2 Å². The molecule has 1 aliphatic heterocycles. The number of rotatable bonds is 6. The van der Waals surface area contributed by atoms with Crippen LogP contribution in [0.15, 0.2) is 42.5 Å². The number of alkyl halides is 1. The van der Waals surface area contributed by atoms with Crippen molar-refractivity contribution in [3.63, 3.8) is 0 Å². The summed E-state index contributed by atoms with van der Waals surface area (Å²) >= 11 is 5.71. The lowest BCUT2D eigenvalue weighted by Gasteiger charge is -2.34. The Morgan fingerprint density at radius 3 is 2.67 bits per heavy atom. The minimum Gasteiger partial charge on any atom is -0.337 e. The molecule has 1 aliphatic rings. The van der Waals surface area contributed by atoms with Crippen LogP contribution in [-0.4, -0.2) is 54.3 Å². The van der Waals surface area contributed by atoms with Crippen LogP contribution in [0.4, 0.5) is 0 Å². The maximum atomic E-state index is 12.2. The summed E-state index contributed by atoms with van der Waals surface area (Å²) in [6.07, 6.45) is 7.94. The molecule has 1 fully saturated rings. The van der Waals surface area contributed by atoms with Gasteiger partial charge in [0.2, 0.25) is 5.91 Å². The second kappa shape index (κ2) is 9.92. The van der Waals surface area contributed by atoms with Gasteiger partial charge in [-0.1, -0.05) is 36.4 Å². The Kier molecular flexibility index (Phi) is 7.54. The van der Waals surface area contributed by atoms with Crippen LogP contribution in [0.2, 0.25) is 0 Å². The van der Waals surface area contributed by atoms with E-state index < -0.39 is 0 Å². The van der Waals surface area contributed by atoms with E-state index in [1.54, 1.807) is 24.3 Å². The third kappa shape index (κ3) is 5.52. The fraction of sp³-hybridized carbons (Fsp3) is 0.368. The first-order valence-corrected chi connectivity index (χ1v) is 8.69. The lowest BCUT2D eigenvalue weighted by molar-refractivity contribution is -0.127. The highest BCUT2D eigenvalue weighted by Crippen LogP contribution is 2.09. The summed E-state index contributed by atoms with van der Waals surface area (Å²) < 4.78 is 0. The van der Waals surface area contributed by atoms with Crippen molar-refractivity contribution in [2.75, 3.05) is 38.6 Å². The molecular weight excluding hydrogens is 322 g/mol. The maximum Gasteiger partial charge on any atom is 0.246 e. The van der Waals surface area contributed by atoms with Crippen molar-refractivity contribution in [1.29, 1.82) is 5.26 Å². The molecule has 0 atom stereocenters. The molecule has 0 aliphatic carbocycles. The number of halogens is 1. The molecular formula is C19H22ClN3O. The van der Waals surface area contributed by atoms with E-state index in [1.165, 1.54) is 0 Å². The summed E-state index contributed by atoms with van der Waals surface area (Å²) in [7, 11) is 0. The molecule has 24 heavy (non-hydrogen) atoms. The van der Waals surface area contributed by atoms with E-state index in [-0.39, 0.29) is 5.91 Å². The van der Waals surface area contributed by atoms with Gasteiger partial charge in [-0.15, -0.1) is 11.6 Å². The summed E-state index contributed by atoms with van der Waals surface area (Å²) in [6, 6.07) is 9.53. The molecule has 4 nitrogen and oxygen atoms in total. The first kappa shape index (κ1) is 18.3. The van der Waals surface area contributed by atoms with Gasteiger partial charge < -0.3 is 4.90 Å². The molecule has 0 N–H and O–H groups in total. The van der Waals surface area contributed by atoms with Gasteiger partial charge in [0.05, 0.1) is 11.6 Å². The maximum absolute atomic E-state index is 12.2. The van der Waals surface area contributed by atoms with Crippen molar-refractivity contribution < 1.29 is 4.79 Å². The van der Waals surface area contributed by atoms with Gasteiger partial charge in [0.15, 0.2) is 0 Å². The zero-order chi connectivity index (χ0) is 17.2. The molecule has 1 heterocycles. The Hall–Kier alpha value is -2.09. The normalized spacial score (nSPS) is 15.9. The van der Waals surface area contributed by atoms with Crippen molar-refractivity contribution in [1.82, 2.24) is 9.80 Å². The van der Waals surface area contributed by atoms with Crippen molar-refractivity contribution in [2.24, 2.45) is 0 Å². The molecule has 0 saturated carbocycles. The lowest BCUT2D eigenvalue weighted by Crippen LogP contribution is -2.48. The molecule has 5 heteroatoms. The van der Waals surface area contributed by atoms with Crippen molar-refractivity contribution in [3.05, 3.63) is 53.6 Å². The number of hydrogen-bond acceptors (Lipinski definition) is 3. The van der Waals surface area contributed by atoms with E-state index in [2.05, 4.69) is 11.0 Å². The van der Waals surface area contributed by atoms with Gasteiger partial charge in [0.25, 0.3) is 0 Å². The van der Waals surface area contributed by atoms with E-state index >= 15 is 0 Å². The molecule has 2 rings (SSSR count). The monoisotopic (exact) mass is 343 g/mol. The lowest BCUT2D eigenvalue weighted by atomic mass is 10.1. The largest absolute Gasteiger partial charge is 0.337 e. The molecule has 1 aromatic rings. The van der Waals surface area contributed by atoms with Crippen molar-refractivity contribution >= 4 is 23.6 Å². The molecule has 0 radical (unpaired) electrons. The number of carbonyl (C=O) groups is 1. The molecule has 0 bridgehead atoms. The number of amides is 1. The number of benzene rings is 1. The second-order valence-electron chi connectivity index (χ2n) is 5.63. The van der Waals surface area contributed by atoms with Gasteiger partial charge in [-0.2, -0.15) is 5.26 Å². The molecule has 1 amide bonds. The van der Waals surface area contributed by atoms with Crippen LogP contribution in [0.1, 0.15) is 17.5 Å². The van der Waals surface area contributed by atoms with Gasteiger partial charge in [-0.25, -0.2) is 0 Å². The van der Waals surface area contributed by atoms with E-state index in [4.69, 9.17) is 16.9 Å². The summed E-state index contributed by atoms with van der Waals surface area (Å²) in [5, 5.41) is 9.03. The molecule has 0 aromatic heterocycles. The SMILES string of the molecule is N#Cc1ccccc1/C=C/C=C/C(=O)N1CCN(CCCCl)CC1. The number of piperazine rings is 1. The van der Waals surface area contributed by atoms with Gasteiger partial charge in [0.1, 0.15) is 0 Å². The Morgan fingerprint density at radius 2 is 1.96 bits per heavy atom. The molecule has 0 unspecified atom stereocenters. The summed E-state index contributed by atoms with van der Waals surface area (Å²) in [6.45, 7) is 4.32. The molecule has 1 saturated heterocycles. The van der Waals surface area contributed by atoms with Gasteiger partial charge in [0, 0.05) is 38.1 Å². The van der Waals surface area contributed by atoms with Crippen LogP contribution in [0.3, 0.4) is 0 Å². The topological polar surface area (TPSA) is 47.3 Å². The van der Waals surface area contributed by atoms with Gasteiger partial charge >= 0.3 is 0 Å². The molecule has 0 spiro atoms. The van der Waals surface area contributed by atoms with Crippen LogP contribution in [0.5, 0.6) is 0 Å². The first-order valence-electron chi connectivity index (χ1n) is 8.15. The van der Waals surface area contributed by atoms with E-state index in [0.29, 0.717) is 11.4 Å². The summed E-state index contributed by atoms with van der Waals surface area (Å²) in [4.78, 5) is 16.4. The van der Waals surface area contributed by atoms with E-state index in [9.17, 15) is 4.79 Å². The summed E-state index contributed by atoms with van der Waals surface area (Å²) in [5.74, 6) is 0.716. The Morgan fingerprint density at radius 1 is 1.21 bits per heavy atom. The number of carbonyl (C=O) groups excluding carboxylic acids is 1. The third-order valence-electron chi connectivity index (χ3n) is 4.00. The van der Waals surface area contributed by atoms with Crippen molar-refractivity contribution in [3.8, 4) is 6.07 Å².